The van der Waals surface area contributed by atoms with E-state index in [1.54, 1.807) is 12.1 Å². The van der Waals surface area contributed by atoms with Gasteiger partial charge >= 0.3 is 6.09 Å². The molecule has 86 valence electrons. The monoisotopic (exact) mass is 240 g/mol. The van der Waals surface area contributed by atoms with E-state index in [-0.39, 0.29) is 12.7 Å². The van der Waals surface area contributed by atoms with Gasteiger partial charge in [0, 0.05) is 12.7 Å². The summed E-state index contributed by atoms with van der Waals surface area (Å²) in [7, 11) is 0. The van der Waals surface area contributed by atoms with Gasteiger partial charge in [-0.25, -0.2) is 4.79 Å². The first-order valence-electron chi connectivity index (χ1n) is 5.25. The molecule has 1 aliphatic carbocycles. The standard InChI is InChI=1S/C11H13ClN2O2/c12-9-3-4-10(13-6-9)7-16-11(15)14-5-8-1-2-8/h3-4,6,8H,1-2,5,7H2,(H,14,15). The van der Waals surface area contributed by atoms with Crippen LogP contribution >= 0.6 is 11.6 Å². The largest absolute Gasteiger partial charge is 0.443 e. The zero-order chi connectivity index (χ0) is 11.4. The summed E-state index contributed by atoms with van der Waals surface area (Å²) in [6, 6.07) is 3.45. The van der Waals surface area contributed by atoms with Gasteiger partial charge in [0.25, 0.3) is 0 Å². The number of hydrogen-bond acceptors (Lipinski definition) is 3. The maximum absolute atomic E-state index is 11.2. The lowest BCUT2D eigenvalue weighted by molar-refractivity contribution is 0.138. The van der Waals surface area contributed by atoms with Crippen LogP contribution in [0.25, 0.3) is 0 Å². The highest BCUT2D eigenvalue weighted by Gasteiger charge is 2.21. The van der Waals surface area contributed by atoms with E-state index in [4.69, 9.17) is 16.3 Å². The van der Waals surface area contributed by atoms with Gasteiger partial charge < -0.3 is 10.1 Å². The quantitative estimate of drug-likeness (QED) is 0.879. The molecule has 1 N–H and O–H groups in total. The number of nitrogens with zero attached hydrogens (tertiary/aromatic N) is 1. The zero-order valence-corrected chi connectivity index (χ0v) is 9.54. The fourth-order valence-electron chi connectivity index (χ4n) is 1.23. The molecule has 1 aromatic rings. The fourth-order valence-corrected chi connectivity index (χ4v) is 1.34. The molecule has 4 nitrogen and oxygen atoms in total. The molecule has 1 amide bonds. The molecule has 1 heterocycles. The van der Waals surface area contributed by atoms with Crippen molar-refractivity contribution in [3.8, 4) is 0 Å². The maximum Gasteiger partial charge on any atom is 0.407 e. The second kappa shape index (κ2) is 5.16. The van der Waals surface area contributed by atoms with E-state index >= 15 is 0 Å². The molecule has 16 heavy (non-hydrogen) atoms. The second-order valence-electron chi connectivity index (χ2n) is 3.87. The Balaban J connectivity index is 1.69. The van der Waals surface area contributed by atoms with Crippen molar-refractivity contribution in [2.75, 3.05) is 6.54 Å². The van der Waals surface area contributed by atoms with Crippen LogP contribution in [0, 0.1) is 5.92 Å². The molecule has 1 fully saturated rings. The van der Waals surface area contributed by atoms with Crippen LogP contribution in [0.5, 0.6) is 0 Å². The van der Waals surface area contributed by atoms with Crippen LogP contribution in [-0.4, -0.2) is 17.6 Å². The molecule has 0 bridgehead atoms. The third kappa shape index (κ3) is 3.70. The molecule has 0 radical (unpaired) electrons. The van der Waals surface area contributed by atoms with Crippen molar-refractivity contribution in [3.05, 3.63) is 29.0 Å². The normalized spacial score (nSPS) is 14.6. The summed E-state index contributed by atoms with van der Waals surface area (Å²) < 4.78 is 4.99. The number of aromatic nitrogens is 1. The van der Waals surface area contributed by atoms with Gasteiger partial charge in [-0.05, 0) is 30.9 Å². The van der Waals surface area contributed by atoms with Gasteiger partial charge in [0.1, 0.15) is 6.61 Å². The summed E-state index contributed by atoms with van der Waals surface area (Å²) in [5.41, 5.74) is 0.686. The van der Waals surface area contributed by atoms with Crippen molar-refractivity contribution in [1.82, 2.24) is 10.3 Å². The van der Waals surface area contributed by atoms with Gasteiger partial charge in [-0.15, -0.1) is 0 Å². The number of nitrogens with one attached hydrogen (secondary N) is 1. The van der Waals surface area contributed by atoms with Gasteiger partial charge in [-0.2, -0.15) is 0 Å². The number of amides is 1. The average Bonchev–Trinajstić information content (AvgIpc) is 3.09. The number of pyridine rings is 1. The van der Waals surface area contributed by atoms with Crippen LogP contribution in [0.1, 0.15) is 18.5 Å². The predicted octanol–water partition coefficient (Wildman–Crippen LogP) is 2.37. The molecule has 1 aromatic heterocycles. The molecule has 2 rings (SSSR count). The van der Waals surface area contributed by atoms with E-state index in [9.17, 15) is 4.79 Å². The van der Waals surface area contributed by atoms with Crippen LogP contribution in [0.4, 0.5) is 4.79 Å². The smallest absolute Gasteiger partial charge is 0.407 e. The Kier molecular flexibility index (Phi) is 3.62. The zero-order valence-electron chi connectivity index (χ0n) is 8.78. The van der Waals surface area contributed by atoms with Crippen molar-refractivity contribution in [1.29, 1.82) is 0 Å². The van der Waals surface area contributed by atoms with Gasteiger partial charge in [0.2, 0.25) is 0 Å². The van der Waals surface area contributed by atoms with E-state index in [0.29, 0.717) is 23.2 Å². The molecule has 5 heteroatoms. The van der Waals surface area contributed by atoms with Gasteiger partial charge in [-0.1, -0.05) is 11.6 Å². The van der Waals surface area contributed by atoms with E-state index in [1.165, 1.54) is 19.0 Å². The summed E-state index contributed by atoms with van der Waals surface area (Å²) >= 11 is 5.68. The first kappa shape index (κ1) is 11.2. The highest BCUT2D eigenvalue weighted by Crippen LogP contribution is 2.27. The number of halogens is 1. The lowest BCUT2D eigenvalue weighted by Crippen LogP contribution is -2.26. The van der Waals surface area contributed by atoms with E-state index < -0.39 is 0 Å². The van der Waals surface area contributed by atoms with Crippen molar-refractivity contribution in [3.63, 3.8) is 0 Å². The maximum atomic E-state index is 11.2. The molecular weight excluding hydrogens is 228 g/mol. The van der Waals surface area contributed by atoms with Crippen LogP contribution in [0.2, 0.25) is 5.02 Å². The molecule has 0 unspecified atom stereocenters. The van der Waals surface area contributed by atoms with E-state index in [2.05, 4.69) is 10.3 Å². The van der Waals surface area contributed by atoms with Crippen molar-refractivity contribution in [2.24, 2.45) is 5.92 Å². The third-order valence-electron chi connectivity index (χ3n) is 2.37. The molecule has 0 aromatic carbocycles. The molecule has 1 saturated carbocycles. The number of hydrogen-bond donors (Lipinski definition) is 1. The third-order valence-corrected chi connectivity index (χ3v) is 2.60. The van der Waals surface area contributed by atoms with Crippen LogP contribution < -0.4 is 5.32 Å². The van der Waals surface area contributed by atoms with Gasteiger partial charge in [-0.3, -0.25) is 4.98 Å². The summed E-state index contributed by atoms with van der Waals surface area (Å²) in [4.78, 5) is 15.2. The fraction of sp³-hybridized carbons (Fsp3) is 0.455. The number of rotatable bonds is 4. The Morgan fingerprint density at radius 2 is 2.38 bits per heavy atom. The number of carbonyl (C=O) groups is 1. The molecule has 0 aliphatic heterocycles. The van der Waals surface area contributed by atoms with E-state index in [0.717, 1.165) is 0 Å². The number of carbonyl (C=O) groups excluding carboxylic acids is 1. The van der Waals surface area contributed by atoms with Crippen molar-refractivity contribution in [2.45, 2.75) is 19.4 Å². The van der Waals surface area contributed by atoms with Gasteiger partial charge in [0.15, 0.2) is 0 Å². The molecular formula is C11H13ClN2O2. The van der Waals surface area contributed by atoms with Crippen molar-refractivity contribution >= 4 is 17.7 Å². The first-order valence-corrected chi connectivity index (χ1v) is 5.63. The van der Waals surface area contributed by atoms with Gasteiger partial charge in [0.05, 0.1) is 10.7 Å². The Labute approximate surface area is 99.0 Å². The molecule has 0 atom stereocenters. The topological polar surface area (TPSA) is 51.2 Å². The summed E-state index contributed by atoms with van der Waals surface area (Å²) in [5.74, 6) is 0.654. The lowest BCUT2D eigenvalue weighted by atomic mass is 10.4. The minimum Gasteiger partial charge on any atom is -0.443 e. The Bertz CT molecular complexity index is 363. The minimum atomic E-state index is -0.386. The van der Waals surface area contributed by atoms with Crippen LogP contribution in [0.3, 0.4) is 0 Å². The highest BCUT2D eigenvalue weighted by atomic mass is 35.5. The summed E-state index contributed by atoms with van der Waals surface area (Å²) in [6.45, 7) is 0.889. The minimum absolute atomic E-state index is 0.174. The summed E-state index contributed by atoms with van der Waals surface area (Å²) in [5, 5.41) is 3.28. The van der Waals surface area contributed by atoms with E-state index in [1.807, 2.05) is 0 Å². The Hall–Kier alpha value is -1.29. The predicted molar refractivity (Wildman–Crippen MR) is 60.2 cm³/mol. The molecule has 0 spiro atoms. The summed E-state index contributed by atoms with van der Waals surface area (Å²) in [6.07, 6.45) is 3.56. The highest BCUT2D eigenvalue weighted by molar-refractivity contribution is 6.30. The first-order chi connectivity index (χ1) is 7.74. The number of alkyl carbamates (subject to hydrolysis) is 1. The lowest BCUT2D eigenvalue weighted by Gasteiger charge is -2.05. The molecule has 1 aliphatic rings. The molecule has 0 saturated heterocycles. The number of ether oxygens (including phenoxy) is 1. The second-order valence-corrected chi connectivity index (χ2v) is 4.30. The van der Waals surface area contributed by atoms with Crippen LogP contribution in [-0.2, 0) is 11.3 Å². The SMILES string of the molecule is O=C(NCC1CC1)OCc1ccc(Cl)cn1. The average molecular weight is 241 g/mol. The van der Waals surface area contributed by atoms with Crippen molar-refractivity contribution < 1.29 is 9.53 Å². The Morgan fingerprint density at radius 1 is 1.56 bits per heavy atom. The van der Waals surface area contributed by atoms with Crippen LogP contribution in [0.15, 0.2) is 18.3 Å². The Morgan fingerprint density at radius 3 is 3.00 bits per heavy atom.